The van der Waals surface area contributed by atoms with Crippen molar-refractivity contribution in [2.75, 3.05) is 5.32 Å². The maximum atomic E-state index is 13.2. The second kappa shape index (κ2) is 8.23. The molecule has 1 N–H and O–H groups in total. The van der Waals surface area contributed by atoms with E-state index < -0.39 is 23.7 Å². The molecule has 0 radical (unpaired) electrons. The Kier molecular flexibility index (Phi) is 5.57. The van der Waals surface area contributed by atoms with Crippen LogP contribution in [0.2, 0.25) is 0 Å². The van der Waals surface area contributed by atoms with Gasteiger partial charge in [0.25, 0.3) is 5.56 Å². The Morgan fingerprint density at radius 3 is 2.39 bits per heavy atom. The minimum absolute atomic E-state index is 0.0433. The lowest BCUT2D eigenvalue weighted by Crippen LogP contribution is -2.25. The molecule has 0 aliphatic heterocycles. The van der Waals surface area contributed by atoms with Gasteiger partial charge in [-0.05, 0) is 51.1 Å². The summed E-state index contributed by atoms with van der Waals surface area (Å²) in [6.45, 7) is 5.14. The summed E-state index contributed by atoms with van der Waals surface area (Å²) in [6.07, 6.45) is -2.93. The molecule has 9 heteroatoms. The van der Waals surface area contributed by atoms with Gasteiger partial charge in [0.2, 0.25) is 5.91 Å². The van der Waals surface area contributed by atoms with Crippen molar-refractivity contribution in [2.45, 2.75) is 33.0 Å². The van der Waals surface area contributed by atoms with Gasteiger partial charge >= 0.3 is 6.18 Å². The predicted molar refractivity (Wildman–Crippen MR) is 120 cm³/mol. The molecule has 1 amide bonds. The van der Waals surface area contributed by atoms with E-state index in [0.29, 0.717) is 27.8 Å². The van der Waals surface area contributed by atoms with Gasteiger partial charge in [0.15, 0.2) is 0 Å². The van der Waals surface area contributed by atoms with Crippen LogP contribution < -0.4 is 10.9 Å². The van der Waals surface area contributed by atoms with Crippen molar-refractivity contribution in [1.29, 1.82) is 0 Å². The average molecular weight is 454 g/mol. The number of halogens is 3. The van der Waals surface area contributed by atoms with E-state index in [2.05, 4.69) is 10.4 Å². The SMILES string of the molecule is Cc1c2cnn(-c3ccccc3)c(=O)c2c(C)n1[C@H](C)C(=O)Nc1cccc(C(F)(F)F)c1. The fraction of sp³-hybridized carbons (Fsp3) is 0.208. The van der Waals surface area contributed by atoms with E-state index in [9.17, 15) is 22.8 Å². The largest absolute Gasteiger partial charge is 0.416 e. The number of aromatic nitrogens is 3. The van der Waals surface area contributed by atoms with E-state index in [1.807, 2.05) is 6.07 Å². The number of benzene rings is 2. The Balaban J connectivity index is 1.72. The Morgan fingerprint density at radius 1 is 1.03 bits per heavy atom. The number of alkyl halides is 3. The molecule has 4 aromatic rings. The number of nitrogens with zero attached hydrogens (tertiary/aromatic N) is 3. The van der Waals surface area contributed by atoms with E-state index >= 15 is 0 Å². The molecule has 0 aliphatic carbocycles. The van der Waals surface area contributed by atoms with Crippen molar-refractivity contribution in [3.63, 3.8) is 0 Å². The van der Waals surface area contributed by atoms with E-state index in [1.54, 1.807) is 55.8 Å². The van der Waals surface area contributed by atoms with E-state index in [4.69, 9.17) is 0 Å². The van der Waals surface area contributed by atoms with Crippen molar-refractivity contribution in [1.82, 2.24) is 14.3 Å². The summed E-state index contributed by atoms with van der Waals surface area (Å²) < 4.78 is 42.0. The second-order valence-corrected chi connectivity index (χ2v) is 7.77. The number of rotatable bonds is 4. The predicted octanol–water partition coefficient (Wildman–Crippen LogP) is 5.02. The molecule has 170 valence electrons. The van der Waals surface area contributed by atoms with Gasteiger partial charge in [-0.1, -0.05) is 24.3 Å². The third kappa shape index (κ3) is 4.02. The topological polar surface area (TPSA) is 68.9 Å². The van der Waals surface area contributed by atoms with Crippen LogP contribution in [0.5, 0.6) is 0 Å². The monoisotopic (exact) mass is 454 g/mol. The molecule has 1 atom stereocenters. The van der Waals surface area contributed by atoms with Crippen LogP contribution in [0.25, 0.3) is 16.5 Å². The number of para-hydroxylation sites is 1. The highest BCUT2D eigenvalue weighted by molar-refractivity contribution is 5.95. The third-order valence-corrected chi connectivity index (χ3v) is 5.68. The highest BCUT2D eigenvalue weighted by Crippen LogP contribution is 2.31. The van der Waals surface area contributed by atoms with Gasteiger partial charge in [-0.3, -0.25) is 9.59 Å². The smallest absolute Gasteiger partial charge is 0.336 e. The number of anilines is 1. The highest BCUT2D eigenvalue weighted by atomic mass is 19.4. The number of amides is 1. The van der Waals surface area contributed by atoms with Crippen molar-refractivity contribution < 1.29 is 18.0 Å². The Bertz CT molecular complexity index is 1410. The van der Waals surface area contributed by atoms with Gasteiger partial charge in [0.05, 0.1) is 22.8 Å². The Morgan fingerprint density at radius 2 is 1.73 bits per heavy atom. The number of carbonyl (C=O) groups excluding carboxylic acids is 1. The van der Waals surface area contributed by atoms with Crippen LogP contribution in [0.4, 0.5) is 18.9 Å². The normalized spacial score (nSPS) is 12.7. The molecule has 0 saturated carbocycles. The summed E-state index contributed by atoms with van der Waals surface area (Å²) in [5.74, 6) is -0.503. The van der Waals surface area contributed by atoms with Gasteiger partial charge in [-0.2, -0.15) is 23.0 Å². The summed E-state index contributed by atoms with van der Waals surface area (Å²) >= 11 is 0. The fourth-order valence-corrected chi connectivity index (χ4v) is 4.05. The van der Waals surface area contributed by atoms with Crippen LogP contribution in [0.1, 0.15) is 29.9 Å². The summed E-state index contributed by atoms with van der Waals surface area (Å²) in [4.78, 5) is 26.1. The van der Waals surface area contributed by atoms with Crippen molar-refractivity contribution in [2.24, 2.45) is 0 Å². The molecule has 33 heavy (non-hydrogen) atoms. The lowest BCUT2D eigenvalue weighted by molar-refractivity contribution is -0.137. The highest BCUT2D eigenvalue weighted by Gasteiger charge is 2.31. The van der Waals surface area contributed by atoms with Crippen LogP contribution in [-0.2, 0) is 11.0 Å². The number of aryl methyl sites for hydroxylation is 2. The minimum Gasteiger partial charge on any atom is -0.336 e. The van der Waals surface area contributed by atoms with Gasteiger partial charge < -0.3 is 9.88 Å². The minimum atomic E-state index is -4.51. The quantitative estimate of drug-likeness (QED) is 0.471. The number of fused-ring (bicyclic) bond motifs is 1. The molecule has 0 spiro atoms. The molecule has 6 nitrogen and oxygen atoms in total. The molecule has 2 heterocycles. The number of hydrogen-bond donors (Lipinski definition) is 1. The molecule has 0 aliphatic rings. The number of hydrogen-bond acceptors (Lipinski definition) is 3. The first-order valence-electron chi connectivity index (χ1n) is 10.2. The molecule has 0 fully saturated rings. The zero-order valence-electron chi connectivity index (χ0n) is 18.1. The summed E-state index contributed by atoms with van der Waals surface area (Å²) in [6, 6.07) is 12.7. The summed E-state index contributed by atoms with van der Waals surface area (Å²) in [5, 5.41) is 7.87. The Labute approximate surface area is 187 Å². The molecular weight excluding hydrogens is 433 g/mol. The molecule has 0 unspecified atom stereocenters. The standard InChI is InChI=1S/C24H21F3N4O2/c1-14-20-13-28-31(19-10-5-4-6-11-19)23(33)21(20)15(2)30(14)16(3)22(32)29-18-9-7-8-17(12-18)24(25,26)27/h4-13,16H,1-3H3,(H,29,32)/t16-/m1/s1. The summed E-state index contributed by atoms with van der Waals surface area (Å²) in [5.41, 5.74) is 0.736. The van der Waals surface area contributed by atoms with Crippen LogP contribution in [-0.4, -0.2) is 20.3 Å². The Hall–Kier alpha value is -3.88. The van der Waals surface area contributed by atoms with Gasteiger partial charge in [-0.15, -0.1) is 0 Å². The molecular formula is C24H21F3N4O2. The molecule has 2 aromatic heterocycles. The lowest BCUT2D eigenvalue weighted by Gasteiger charge is -2.18. The van der Waals surface area contributed by atoms with Gasteiger partial charge in [0.1, 0.15) is 6.04 Å². The molecule has 0 saturated heterocycles. The number of nitrogens with one attached hydrogen (secondary N) is 1. The van der Waals surface area contributed by atoms with Gasteiger partial charge in [0, 0.05) is 22.5 Å². The molecule has 0 bridgehead atoms. The van der Waals surface area contributed by atoms with Gasteiger partial charge in [-0.25, -0.2) is 0 Å². The maximum absolute atomic E-state index is 13.2. The molecule has 2 aromatic carbocycles. The third-order valence-electron chi connectivity index (χ3n) is 5.68. The van der Waals surface area contributed by atoms with Crippen LogP contribution >= 0.6 is 0 Å². The van der Waals surface area contributed by atoms with E-state index in [0.717, 1.165) is 12.1 Å². The zero-order valence-corrected chi connectivity index (χ0v) is 18.1. The average Bonchev–Trinajstić information content (AvgIpc) is 3.04. The zero-order chi connectivity index (χ0) is 23.9. The fourth-order valence-electron chi connectivity index (χ4n) is 4.05. The van der Waals surface area contributed by atoms with Crippen LogP contribution in [0.15, 0.2) is 65.6 Å². The van der Waals surface area contributed by atoms with Crippen molar-refractivity contribution >= 4 is 22.4 Å². The van der Waals surface area contributed by atoms with Crippen molar-refractivity contribution in [3.05, 3.63) is 88.1 Å². The van der Waals surface area contributed by atoms with Crippen LogP contribution in [0.3, 0.4) is 0 Å². The maximum Gasteiger partial charge on any atom is 0.416 e. The lowest BCUT2D eigenvalue weighted by atomic mass is 10.2. The van der Waals surface area contributed by atoms with Crippen molar-refractivity contribution in [3.8, 4) is 5.69 Å². The first-order chi connectivity index (χ1) is 15.6. The summed E-state index contributed by atoms with van der Waals surface area (Å²) in [7, 11) is 0. The van der Waals surface area contributed by atoms with E-state index in [1.165, 1.54) is 16.8 Å². The first kappa shape index (κ1) is 22.3. The van der Waals surface area contributed by atoms with E-state index in [-0.39, 0.29) is 11.2 Å². The number of carbonyl (C=O) groups is 1. The molecule has 4 rings (SSSR count). The second-order valence-electron chi connectivity index (χ2n) is 7.77. The van der Waals surface area contributed by atoms with Crippen LogP contribution in [0, 0.1) is 13.8 Å². The first-order valence-corrected chi connectivity index (χ1v) is 10.2.